The Hall–Kier alpha value is -1.24. The van der Waals surface area contributed by atoms with Gasteiger partial charge in [0.1, 0.15) is 5.75 Å². The van der Waals surface area contributed by atoms with Crippen molar-refractivity contribution in [3.8, 4) is 5.75 Å². The first-order chi connectivity index (χ1) is 8.86. The average molecular weight is 246 g/mol. The van der Waals surface area contributed by atoms with Gasteiger partial charge in [0.25, 0.3) is 0 Å². The van der Waals surface area contributed by atoms with Crippen molar-refractivity contribution in [2.24, 2.45) is 0 Å². The summed E-state index contributed by atoms with van der Waals surface area (Å²) in [5.74, 6) is 1.00. The molecule has 0 amide bonds. The number of benzene rings is 1. The molecule has 0 saturated heterocycles. The lowest BCUT2D eigenvalue weighted by molar-refractivity contribution is 0.305. The second-order valence-corrected chi connectivity index (χ2v) is 4.66. The maximum atomic E-state index is 5.72. The Labute approximate surface area is 112 Å². The summed E-state index contributed by atoms with van der Waals surface area (Å²) in [6, 6.07) is 8.52. The fraction of sp³-hybridized carbons (Fsp3) is 0.529. The minimum absolute atomic E-state index is 0.845. The molecule has 0 unspecified atom stereocenters. The molecule has 0 aliphatic rings. The van der Waals surface area contributed by atoms with Crippen molar-refractivity contribution in [3.63, 3.8) is 0 Å². The van der Waals surface area contributed by atoms with E-state index in [2.05, 4.69) is 50.3 Å². The van der Waals surface area contributed by atoms with Crippen molar-refractivity contribution in [3.05, 3.63) is 42.0 Å². The average Bonchev–Trinajstić information content (AvgIpc) is 2.40. The van der Waals surface area contributed by atoms with E-state index in [1.54, 1.807) is 0 Å². The predicted molar refractivity (Wildman–Crippen MR) is 79.2 cm³/mol. The van der Waals surface area contributed by atoms with E-state index < -0.39 is 0 Å². The van der Waals surface area contributed by atoms with Crippen molar-refractivity contribution in [1.29, 1.82) is 0 Å². The molecule has 0 saturated carbocycles. The van der Waals surface area contributed by atoms with Gasteiger partial charge in [-0.2, -0.15) is 0 Å². The topological polar surface area (TPSA) is 9.23 Å². The Kier molecular flexibility index (Phi) is 8.03. The first-order valence-electron chi connectivity index (χ1n) is 7.19. The summed E-state index contributed by atoms with van der Waals surface area (Å²) in [5.41, 5.74) is 1.38. The molecule has 1 aromatic rings. The van der Waals surface area contributed by atoms with Gasteiger partial charge in [0.15, 0.2) is 0 Å². The zero-order chi connectivity index (χ0) is 13.1. The van der Waals surface area contributed by atoms with Crippen LogP contribution in [0, 0.1) is 0 Å². The molecule has 0 fully saturated rings. The summed E-state index contributed by atoms with van der Waals surface area (Å²) < 4.78 is 5.72. The number of rotatable bonds is 9. The van der Waals surface area contributed by atoms with Crippen LogP contribution in [0.1, 0.15) is 51.5 Å². The van der Waals surface area contributed by atoms with Gasteiger partial charge in [-0.3, -0.25) is 0 Å². The molecule has 0 N–H and O–H groups in total. The lowest BCUT2D eigenvalue weighted by atomic mass is 10.1. The summed E-state index contributed by atoms with van der Waals surface area (Å²) in [7, 11) is 0. The van der Waals surface area contributed by atoms with Crippen LogP contribution in [0.25, 0.3) is 0 Å². The van der Waals surface area contributed by atoms with E-state index in [9.17, 15) is 0 Å². The molecule has 0 aromatic heterocycles. The predicted octanol–water partition coefficient (Wildman–Crippen LogP) is 5.15. The lowest BCUT2D eigenvalue weighted by Gasteiger charge is -2.06. The Morgan fingerprint density at radius 3 is 2.50 bits per heavy atom. The van der Waals surface area contributed by atoms with Gasteiger partial charge in [-0.25, -0.2) is 0 Å². The van der Waals surface area contributed by atoms with Gasteiger partial charge in [0.05, 0.1) is 6.61 Å². The standard InChI is InChI=1S/C17H26O/c1-3-5-7-9-15-18-17-13-11-16(12-14-17)10-8-6-4-2/h4,6,11-14H,3,5,7-10,15H2,1-2H3/b6-4-. The van der Waals surface area contributed by atoms with Crippen molar-refractivity contribution >= 4 is 0 Å². The highest BCUT2D eigenvalue weighted by atomic mass is 16.5. The smallest absolute Gasteiger partial charge is 0.119 e. The molecule has 1 aromatic carbocycles. The molecule has 0 spiro atoms. The second-order valence-electron chi connectivity index (χ2n) is 4.66. The SMILES string of the molecule is C/C=C\CCc1ccc(OCCCCCC)cc1. The minimum Gasteiger partial charge on any atom is -0.494 e. The summed E-state index contributed by atoms with van der Waals surface area (Å²) in [6.07, 6.45) is 11.6. The summed E-state index contributed by atoms with van der Waals surface area (Å²) in [5, 5.41) is 0. The molecule has 0 radical (unpaired) electrons. The van der Waals surface area contributed by atoms with Crippen molar-refractivity contribution < 1.29 is 4.74 Å². The molecule has 1 heteroatoms. The van der Waals surface area contributed by atoms with E-state index in [1.807, 2.05) is 0 Å². The normalized spacial score (nSPS) is 11.0. The zero-order valence-electron chi connectivity index (χ0n) is 11.8. The van der Waals surface area contributed by atoms with E-state index in [4.69, 9.17) is 4.74 Å². The highest BCUT2D eigenvalue weighted by Crippen LogP contribution is 2.14. The van der Waals surface area contributed by atoms with Crippen LogP contribution in [-0.2, 0) is 6.42 Å². The zero-order valence-corrected chi connectivity index (χ0v) is 11.8. The van der Waals surface area contributed by atoms with E-state index in [0.29, 0.717) is 0 Å². The second kappa shape index (κ2) is 9.76. The maximum Gasteiger partial charge on any atom is 0.119 e. The van der Waals surface area contributed by atoms with E-state index >= 15 is 0 Å². The quantitative estimate of drug-likeness (QED) is 0.432. The minimum atomic E-state index is 0.845. The number of hydrogen-bond donors (Lipinski definition) is 0. The van der Waals surface area contributed by atoms with E-state index in [-0.39, 0.29) is 0 Å². The van der Waals surface area contributed by atoms with Crippen molar-refractivity contribution in [2.75, 3.05) is 6.61 Å². The summed E-state index contributed by atoms with van der Waals surface area (Å²) >= 11 is 0. The Morgan fingerprint density at radius 1 is 1.06 bits per heavy atom. The lowest BCUT2D eigenvalue weighted by Crippen LogP contribution is -1.97. The highest BCUT2D eigenvalue weighted by Gasteiger charge is 1.95. The van der Waals surface area contributed by atoms with Gasteiger partial charge < -0.3 is 4.74 Å². The van der Waals surface area contributed by atoms with Crippen LogP contribution in [-0.4, -0.2) is 6.61 Å². The van der Waals surface area contributed by atoms with Gasteiger partial charge in [0.2, 0.25) is 0 Å². The fourth-order valence-corrected chi connectivity index (χ4v) is 1.89. The third-order valence-corrected chi connectivity index (χ3v) is 3.03. The van der Waals surface area contributed by atoms with Gasteiger partial charge in [-0.1, -0.05) is 50.5 Å². The molecule has 0 heterocycles. The maximum absolute atomic E-state index is 5.72. The van der Waals surface area contributed by atoms with E-state index in [0.717, 1.165) is 31.6 Å². The molecule has 100 valence electrons. The first-order valence-corrected chi connectivity index (χ1v) is 7.19. The Balaban J connectivity index is 2.23. The third-order valence-electron chi connectivity index (χ3n) is 3.03. The number of ether oxygens (including phenoxy) is 1. The molecule has 18 heavy (non-hydrogen) atoms. The van der Waals surface area contributed by atoms with Crippen LogP contribution < -0.4 is 4.74 Å². The van der Waals surface area contributed by atoms with Gasteiger partial charge in [0, 0.05) is 0 Å². The monoisotopic (exact) mass is 246 g/mol. The highest BCUT2D eigenvalue weighted by molar-refractivity contribution is 5.27. The Bertz CT molecular complexity index is 324. The van der Waals surface area contributed by atoms with Crippen LogP contribution in [0.4, 0.5) is 0 Å². The molecular formula is C17H26O. The Morgan fingerprint density at radius 2 is 1.83 bits per heavy atom. The van der Waals surface area contributed by atoms with Gasteiger partial charge >= 0.3 is 0 Å². The number of hydrogen-bond acceptors (Lipinski definition) is 1. The molecule has 0 bridgehead atoms. The molecular weight excluding hydrogens is 220 g/mol. The number of allylic oxidation sites excluding steroid dienone is 2. The fourth-order valence-electron chi connectivity index (χ4n) is 1.89. The largest absolute Gasteiger partial charge is 0.494 e. The van der Waals surface area contributed by atoms with Gasteiger partial charge in [-0.15, -0.1) is 0 Å². The van der Waals surface area contributed by atoms with Crippen molar-refractivity contribution in [1.82, 2.24) is 0 Å². The molecule has 0 aliphatic heterocycles. The number of unbranched alkanes of at least 4 members (excludes halogenated alkanes) is 3. The van der Waals surface area contributed by atoms with Crippen LogP contribution in [0.3, 0.4) is 0 Å². The molecule has 0 aliphatic carbocycles. The first kappa shape index (κ1) is 14.8. The van der Waals surface area contributed by atoms with E-state index in [1.165, 1.54) is 24.8 Å². The van der Waals surface area contributed by atoms with Crippen LogP contribution >= 0.6 is 0 Å². The molecule has 1 nitrogen and oxygen atoms in total. The van der Waals surface area contributed by atoms with Crippen molar-refractivity contribution in [2.45, 2.75) is 52.4 Å². The number of aryl methyl sites for hydroxylation is 1. The van der Waals surface area contributed by atoms with Crippen LogP contribution in [0.15, 0.2) is 36.4 Å². The molecule has 1 rings (SSSR count). The van der Waals surface area contributed by atoms with Gasteiger partial charge in [-0.05, 0) is 43.9 Å². The summed E-state index contributed by atoms with van der Waals surface area (Å²) in [6.45, 7) is 5.14. The summed E-state index contributed by atoms with van der Waals surface area (Å²) in [4.78, 5) is 0. The molecule has 0 atom stereocenters. The van der Waals surface area contributed by atoms with Crippen LogP contribution in [0.5, 0.6) is 5.75 Å². The van der Waals surface area contributed by atoms with Crippen LogP contribution in [0.2, 0.25) is 0 Å². The third kappa shape index (κ3) is 6.48.